The molecule has 118 valence electrons. The Hall–Kier alpha value is -1.55. The van der Waals surface area contributed by atoms with E-state index in [-0.39, 0.29) is 5.41 Å². The van der Waals surface area contributed by atoms with Crippen LogP contribution in [0.3, 0.4) is 0 Å². The van der Waals surface area contributed by atoms with Crippen molar-refractivity contribution in [3.05, 3.63) is 29.8 Å². The molecule has 0 aliphatic carbocycles. The highest BCUT2D eigenvalue weighted by molar-refractivity contribution is 5.84. The Labute approximate surface area is 128 Å². The van der Waals surface area contributed by atoms with Crippen molar-refractivity contribution in [3.63, 3.8) is 0 Å². The largest absolute Gasteiger partial charge is 0.444 e. The van der Waals surface area contributed by atoms with E-state index >= 15 is 0 Å². The second-order valence-electron chi connectivity index (χ2n) is 7.49. The van der Waals surface area contributed by atoms with Crippen molar-refractivity contribution in [1.29, 1.82) is 0 Å². The fraction of sp³-hybridized carbons (Fsp3) is 0.588. The SMILES string of the molecule is CC(C)(C)CNCc1ccc(NC(=O)OC(C)(C)C)cc1. The van der Waals surface area contributed by atoms with Gasteiger partial charge in [0.15, 0.2) is 0 Å². The van der Waals surface area contributed by atoms with Crippen molar-refractivity contribution in [1.82, 2.24) is 5.32 Å². The van der Waals surface area contributed by atoms with E-state index < -0.39 is 11.7 Å². The van der Waals surface area contributed by atoms with Crippen LogP contribution in [0.15, 0.2) is 24.3 Å². The average Bonchev–Trinajstić information content (AvgIpc) is 2.27. The standard InChI is InChI=1S/C17H28N2O2/c1-16(2,3)12-18-11-13-7-9-14(10-8-13)19-15(20)21-17(4,5)6/h7-10,18H,11-12H2,1-6H3,(H,19,20). The third-order valence-corrected chi connectivity index (χ3v) is 2.58. The number of rotatable bonds is 4. The molecule has 0 atom stereocenters. The molecule has 0 aliphatic rings. The van der Waals surface area contributed by atoms with Crippen LogP contribution in [-0.2, 0) is 11.3 Å². The van der Waals surface area contributed by atoms with Gasteiger partial charge in [-0.3, -0.25) is 5.32 Å². The molecule has 1 amide bonds. The number of hydrogen-bond acceptors (Lipinski definition) is 3. The molecule has 1 aromatic carbocycles. The highest BCUT2D eigenvalue weighted by Crippen LogP contribution is 2.14. The summed E-state index contributed by atoms with van der Waals surface area (Å²) < 4.78 is 5.21. The number of benzene rings is 1. The van der Waals surface area contributed by atoms with Crippen LogP contribution in [0.4, 0.5) is 10.5 Å². The second kappa shape index (κ2) is 6.94. The Bertz CT molecular complexity index is 453. The van der Waals surface area contributed by atoms with E-state index in [0.29, 0.717) is 0 Å². The summed E-state index contributed by atoms with van der Waals surface area (Å²) in [4.78, 5) is 11.6. The number of carbonyl (C=O) groups is 1. The maximum Gasteiger partial charge on any atom is 0.412 e. The molecule has 0 spiro atoms. The molecule has 0 saturated heterocycles. The molecular weight excluding hydrogens is 264 g/mol. The van der Waals surface area contributed by atoms with E-state index in [1.54, 1.807) is 0 Å². The maximum atomic E-state index is 11.6. The summed E-state index contributed by atoms with van der Waals surface area (Å²) in [6, 6.07) is 7.78. The van der Waals surface area contributed by atoms with Gasteiger partial charge in [-0.15, -0.1) is 0 Å². The Morgan fingerprint density at radius 1 is 1.05 bits per heavy atom. The zero-order valence-electron chi connectivity index (χ0n) is 14.0. The monoisotopic (exact) mass is 292 g/mol. The highest BCUT2D eigenvalue weighted by Gasteiger charge is 2.16. The lowest BCUT2D eigenvalue weighted by atomic mass is 9.97. The van der Waals surface area contributed by atoms with Crippen molar-refractivity contribution in [3.8, 4) is 0 Å². The van der Waals surface area contributed by atoms with Crippen LogP contribution in [0.2, 0.25) is 0 Å². The van der Waals surface area contributed by atoms with Gasteiger partial charge < -0.3 is 10.1 Å². The van der Waals surface area contributed by atoms with Crippen LogP contribution >= 0.6 is 0 Å². The minimum atomic E-state index is -0.485. The van der Waals surface area contributed by atoms with Crippen LogP contribution in [0.1, 0.15) is 47.1 Å². The molecule has 1 aromatic rings. The number of anilines is 1. The van der Waals surface area contributed by atoms with Crippen LogP contribution in [0, 0.1) is 5.41 Å². The van der Waals surface area contributed by atoms with Crippen molar-refractivity contribution in [2.24, 2.45) is 5.41 Å². The molecular formula is C17H28N2O2. The quantitative estimate of drug-likeness (QED) is 0.875. The van der Waals surface area contributed by atoms with Crippen molar-refractivity contribution in [2.45, 2.75) is 53.7 Å². The summed E-state index contributed by atoms with van der Waals surface area (Å²) >= 11 is 0. The molecule has 4 nitrogen and oxygen atoms in total. The summed E-state index contributed by atoms with van der Waals surface area (Å²) in [5, 5.41) is 6.15. The van der Waals surface area contributed by atoms with Gasteiger partial charge in [-0.05, 0) is 43.9 Å². The summed E-state index contributed by atoms with van der Waals surface area (Å²) in [6.07, 6.45) is -0.430. The van der Waals surface area contributed by atoms with Gasteiger partial charge in [0.2, 0.25) is 0 Å². The lowest BCUT2D eigenvalue weighted by molar-refractivity contribution is 0.0636. The minimum Gasteiger partial charge on any atom is -0.444 e. The third-order valence-electron chi connectivity index (χ3n) is 2.58. The van der Waals surface area contributed by atoms with E-state index in [4.69, 9.17) is 4.74 Å². The first-order valence-corrected chi connectivity index (χ1v) is 7.35. The number of ether oxygens (including phenoxy) is 1. The lowest BCUT2D eigenvalue weighted by Gasteiger charge is -2.20. The van der Waals surface area contributed by atoms with Gasteiger partial charge >= 0.3 is 6.09 Å². The summed E-state index contributed by atoms with van der Waals surface area (Å²) in [5.74, 6) is 0. The molecule has 0 saturated carbocycles. The lowest BCUT2D eigenvalue weighted by Crippen LogP contribution is -2.27. The van der Waals surface area contributed by atoms with Crippen LogP contribution in [-0.4, -0.2) is 18.2 Å². The van der Waals surface area contributed by atoms with E-state index in [1.165, 1.54) is 5.56 Å². The van der Waals surface area contributed by atoms with Crippen molar-refractivity contribution < 1.29 is 9.53 Å². The molecule has 0 unspecified atom stereocenters. The van der Waals surface area contributed by atoms with Gasteiger partial charge in [-0.25, -0.2) is 4.79 Å². The minimum absolute atomic E-state index is 0.276. The molecule has 0 aromatic heterocycles. The van der Waals surface area contributed by atoms with Gasteiger partial charge in [-0.2, -0.15) is 0 Å². The fourth-order valence-electron chi connectivity index (χ4n) is 1.71. The molecule has 0 fully saturated rings. The van der Waals surface area contributed by atoms with Crippen LogP contribution in [0.5, 0.6) is 0 Å². The summed E-state index contributed by atoms with van der Waals surface area (Å²) in [7, 11) is 0. The first kappa shape index (κ1) is 17.5. The van der Waals surface area contributed by atoms with Crippen LogP contribution in [0.25, 0.3) is 0 Å². The van der Waals surface area contributed by atoms with Gasteiger partial charge in [0.25, 0.3) is 0 Å². The Morgan fingerprint density at radius 3 is 2.10 bits per heavy atom. The highest BCUT2D eigenvalue weighted by atomic mass is 16.6. The van der Waals surface area contributed by atoms with Crippen LogP contribution < -0.4 is 10.6 Å². The zero-order chi connectivity index (χ0) is 16.1. The number of nitrogens with one attached hydrogen (secondary N) is 2. The van der Waals surface area contributed by atoms with Gasteiger partial charge in [0.05, 0.1) is 0 Å². The average molecular weight is 292 g/mol. The van der Waals surface area contributed by atoms with Crippen molar-refractivity contribution in [2.75, 3.05) is 11.9 Å². The number of carbonyl (C=O) groups excluding carboxylic acids is 1. The van der Waals surface area contributed by atoms with E-state index in [9.17, 15) is 4.79 Å². The molecule has 0 bridgehead atoms. The Kier molecular flexibility index (Phi) is 5.78. The predicted octanol–water partition coefficient (Wildman–Crippen LogP) is 4.17. The first-order valence-electron chi connectivity index (χ1n) is 7.35. The Balaban J connectivity index is 2.45. The molecule has 0 radical (unpaired) electrons. The summed E-state index contributed by atoms with van der Waals surface area (Å²) in [5.41, 5.74) is 1.72. The van der Waals surface area contributed by atoms with E-state index in [2.05, 4.69) is 31.4 Å². The Morgan fingerprint density at radius 2 is 1.62 bits per heavy atom. The van der Waals surface area contributed by atoms with Gasteiger partial charge in [0, 0.05) is 18.8 Å². The first-order chi connectivity index (χ1) is 9.55. The summed E-state index contributed by atoms with van der Waals surface area (Å²) in [6.45, 7) is 13.9. The fourth-order valence-corrected chi connectivity index (χ4v) is 1.71. The van der Waals surface area contributed by atoms with E-state index in [0.717, 1.165) is 18.8 Å². The topological polar surface area (TPSA) is 50.4 Å². The molecule has 0 aliphatic heterocycles. The molecule has 1 rings (SSSR count). The molecule has 2 N–H and O–H groups in total. The van der Waals surface area contributed by atoms with E-state index in [1.807, 2.05) is 45.0 Å². The molecule has 21 heavy (non-hydrogen) atoms. The second-order valence-corrected chi connectivity index (χ2v) is 7.49. The molecule has 4 heteroatoms. The van der Waals surface area contributed by atoms with Gasteiger partial charge in [-0.1, -0.05) is 32.9 Å². The van der Waals surface area contributed by atoms with Gasteiger partial charge in [0.1, 0.15) is 5.60 Å². The normalized spacial score (nSPS) is 12.1. The smallest absolute Gasteiger partial charge is 0.412 e. The predicted molar refractivity (Wildman–Crippen MR) is 87.5 cm³/mol. The molecule has 0 heterocycles. The third kappa shape index (κ3) is 8.35. The maximum absolute atomic E-state index is 11.6. The number of hydrogen-bond donors (Lipinski definition) is 2. The van der Waals surface area contributed by atoms with Crippen molar-refractivity contribution >= 4 is 11.8 Å². The number of amides is 1. The zero-order valence-corrected chi connectivity index (χ0v) is 14.0.